The fourth-order valence-electron chi connectivity index (χ4n) is 1.78. The number of hydrogen-bond acceptors (Lipinski definition) is 3. The summed E-state index contributed by atoms with van der Waals surface area (Å²) in [6.07, 6.45) is 0. The molecule has 0 aliphatic carbocycles. The Morgan fingerprint density at radius 2 is 1.85 bits per heavy atom. The van der Waals surface area contributed by atoms with Gasteiger partial charge in [0, 0.05) is 38.1 Å². The van der Waals surface area contributed by atoms with E-state index in [1.165, 1.54) is 12.1 Å². The van der Waals surface area contributed by atoms with Crippen molar-refractivity contribution in [3.63, 3.8) is 0 Å². The maximum absolute atomic E-state index is 12.7. The normalized spacial score (nSPS) is 10.2. The Morgan fingerprint density at radius 3 is 2.55 bits per heavy atom. The Kier molecular flexibility index (Phi) is 4.82. The van der Waals surface area contributed by atoms with Crippen molar-refractivity contribution in [2.24, 2.45) is 0 Å². The molecule has 0 saturated heterocycles. The maximum atomic E-state index is 12.7. The second kappa shape index (κ2) is 6.80. The lowest BCUT2D eigenvalue weighted by Gasteiger charge is -2.14. The van der Waals surface area contributed by atoms with Gasteiger partial charge in [-0.1, -0.05) is 6.07 Å². The fourth-order valence-corrected chi connectivity index (χ4v) is 1.78. The van der Waals surface area contributed by atoms with E-state index >= 15 is 0 Å². The fraction of sp³-hybridized carbons (Fsp3) is 0.250. The van der Waals surface area contributed by atoms with Gasteiger partial charge in [-0.25, -0.2) is 4.39 Å². The quantitative estimate of drug-likeness (QED) is 0.817. The van der Waals surface area contributed by atoms with Crippen LogP contribution in [-0.2, 0) is 0 Å². The van der Waals surface area contributed by atoms with Gasteiger partial charge in [-0.05, 0) is 36.4 Å². The predicted octanol–water partition coefficient (Wildman–Crippen LogP) is 3.38. The molecule has 4 heteroatoms. The Labute approximate surface area is 119 Å². The predicted molar refractivity (Wildman–Crippen MR) is 81.2 cm³/mol. The summed E-state index contributed by atoms with van der Waals surface area (Å²) in [6, 6.07) is 14.2. The minimum Gasteiger partial charge on any atom is -0.492 e. The Balaban J connectivity index is 1.78. The second-order valence-corrected chi connectivity index (χ2v) is 4.67. The molecule has 0 aromatic heterocycles. The molecule has 2 aromatic rings. The molecule has 3 nitrogen and oxygen atoms in total. The van der Waals surface area contributed by atoms with Crippen LogP contribution < -0.4 is 15.0 Å². The number of rotatable bonds is 6. The third kappa shape index (κ3) is 4.16. The highest BCUT2D eigenvalue weighted by atomic mass is 19.1. The van der Waals surface area contributed by atoms with Crippen LogP contribution in [0.2, 0.25) is 0 Å². The standard InChI is InChI=1S/C16H19FN2O/c1-19(2)15-4-3-5-16(12-15)20-11-10-18-14-8-6-13(17)7-9-14/h3-9,12,18H,10-11H2,1-2H3. The summed E-state index contributed by atoms with van der Waals surface area (Å²) < 4.78 is 18.4. The highest BCUT2D eigenvalue weighted by Crippen LogP contribution is 2.19. The van der Waals surface area contributed by atoms with E-state index in [-0.39, 0.29) is 5.82 Å². The van der Waals surface area contributed by atoms with Gasteiger partial charge >= 0.3 is 0 Å². The molecule has 0 bridgehead atoms. The van der Waals surface area contributed by atoms with E-state index < -0.39 is 0 Å². The molecular formula is C16H19FN2O. The Bertz CT molecular complexity index is 540. The van der Waals surface area contributed by atoms with Crippen molar-refractivity contribution in [3.8, 4) is 5.75 Å². The minimum atomic E-state index is -0.229. The lowest BCUT2D eigenvalue weighted by atomic mass is 10.3. The van der Waals surface area contributed by atoms with Crippen LogP contribution in [0.3, 0.4) is 0 Å². The van der Waals surface area contributed by atoms with Crippen LogP contribution in [0.1, 0.15) is 0 Å². The molecule has 2 aromatic carbocycles. The summed E-state index contributed by atoms with van der Waals surface area (Å²) in [5, 5.41) is 3.18. The number of hydrogen-bond donors (Lipinski definition) is 1. The molecule has 0 saturated carbocycles. The van der Waals surface area contributed by atoms with Crippen molar-refractivity contribution in [2.75, 3.05) is 37.5 Å². The van der Waals surface area contributed by atoms with Gasteiger partial charge in [-0.3, -0.25) is 0 Å². The molecule has 0 aliphatic heterocycles. The molecule has 2 rings (SSSR count). The molecule has 0 aliphatic rings. The molecule has 20 heavy (non-hydrogen) atoms. The first-order valence-electron chi connectivity index (χ1n) is 6.55. The average molecular weight is 274 g/mol. The third-order valence-electron chi connectivity index (χ3n) is 2.88. The molecule has 0 heterocycles. The Hall–Kier alpha value is -2.23. The second-order valence-electron chi connectivity index (χ2n) is 4.67. The lowest BCUT2D eigenvalue weighted by Crippen LogP contribution is -2.12. The monoisotopic (exact) mass is 274 g/mol. The van der Waals surface area contributed by atoms with E-state index in [4.69, 9.17) is 4.74 Å². The molecule has 0 unspecified atom stereocenters. The highest BCUT2D eigenvalue weighted by Gasteiger charge is 1.98. The highest BCUT2D eigenvalue weighted by molar-refractivity contribution is 5.49. The first-order chi connectivity index (χ1) is 9.65. The smallest absolute Gasteiger partial charge is 0.123 e. The number of halogens is 1. The molecule has 1 N–H and O–H groups in total. The average Bonchev–Trinajstić information content (AvgIpc) is 2.46. The zero-order valence-corrected chi connectivity index (χ0v) is 11.8. The molecule has 0 fully saturated rings. The molecule has 0 amide bonds. The summed E-state index contributed by atoms with van der Waals surface area (Å²) in [5.74, 6) is 0.615. The van der Waals surface area contributed by atoms with E-state index in [0.29, 0.717) is 13.2 Å². The summed E-state index contributed by atoms with van der Waals surface area (Å²) >= 11 is 0. The van der Waals surface area contributed by atoms with Gasteiger partial charge in [0.2, 0.25) is 0 Å². The van der Waals surface area contributed by atoms with E-state index in [1.54, 1.807) is 12.1 Å². The largest absolute Gasteiger partial charge is 0.492 e. The topological polar surface area (TPSA) is 24.5 Å². The SMILES string of the molecule is CN(C)c1cccc(OCCNc2ccc(F)cc2)c1. The van der Waals surface area contributed by atoms with Crippen molar-refractivity contribution >= 4 is 11.4 Å². The minimum absolute atomic E-state index is 0.229. The summed E-state index contributed by atoms with van der Waals surface area (Å²) in [6.45, 7) is 1.21. The lowest BCUT2D eigenvalue weighted by molar-refractivity contribution is 0.333. The van der Waals surface area contributed by atoms with Gasteiger partial charge in [0.15, 0.2) is 0 Å². The number of nitrogens with one attached hydrogen (secondary N) is 1. The molecule has 106 valence electrons. The summed E-state index contributed by atoms with van der Waals surface area (Å²) in [4.78, 5) is 2.03. The van der Waals surface area contributed by atoms with Crippen LogP contribution in [0.4, 0.5) is 15.8 Å². The van der Waals surface area contributed by atoms with Gasteiger partial charge in [0.1, 0.15) is 18.2 Å². The number of benzene rings is 2. The van der Waals surface area contributed by atoms with Gasteiger partial charge in [-0.2, -0.15) is 0 Å². The van der Waals surface area contributed by atoms with Crippen LogP contribution in [0.15, 0.2) is 48.5 Å². The first kappa shape index (κ1) is 14.2. The van der Waals surface area contributed by atoms with Crippen molar-refractivity contribution in [3.05, 3.63) is 54.3 Å². The van der Waals surface area contributed by atoms with E-state index in [2.05, 4.69) is 5.32 Å². The van der Waals surface area contributed by atoms with E-state index in [0.717, 1.165) is 17.1 Å². The van der Waals surface area contributed by atoms with Crippen molar-refractivity contribution < 1.29 is 9.13 Å². The number of ether oxygens (including phenoxy) is 1. The van der Waals surface area contributed by atoms with E-state index in [1.807, 2.05) is 43.3 Å². The molecule has 0 atom stereocenters. The van der Waals surface area contributed by atoms with Crippen LogP contribution in [0.5, 0.6) is 5.75 Å². The maximum Gasteiger partial charge on any atom is 0.123 e. The molecule has 0 radical (unpaired) electrons. The van der Waals surface area contributed by atoms with Crippen LogP contribution >= 0.6 is 0 Å². The van der Waals surface area contributed by atoms with Crippen molar-refractivity contribution in [2.45, 2.75) is 0 Å². The van der Waals surface area contributed by atoms with Gasteiger partial charge in [0.05, 0.1) is 0 Å². The zero-order valence-electron chi connectivity index (χ0n) is 11.8. The van der Waals surface area contributed by atoms with Crippen molar-refractivity contribution in [1.29, 1.82) is 0 Å². The first-order valence-corrected chi connectivity index (χ1v) is 6.55. The van der Waals surface area contributed by atoms with Gasteiger partial charge < -0.3 is 15.0 Å². The Morgan fingerprint density at radius 1 is 1.10 bits per heavy atom. The van der Waals surface area contributed by atoms with Crippen LogP contribution in [0, 0.1) is 5.82 Å². The molecular weight excluding hydrogens is 255 g/mol. The summed E-state index contributed by atoms with van der Waals surface area (Å²) in [5.41, 5.74) is 1.99. The number of nitrogens with zero attached hydrogens (tertiary/aromatic N) is 1. The summed E-state index contributed by atoms with van der Waals surface area (Å²) in [7, 11) is 3.99. The van der Waals surface area contributed by atoms with Crippen LogP contribution in [0.25, 0.3) is 0 Å². The third-order valence-corrected chi connectivity index (χ3v) is 2.88. The zero-order chi connectivity index (χ0) is 14.4. The van der Waals surface area contributed by atoms with E-state index in [9.17, 15) is 4.39 Å². The van der Waals surface area contributed by atoms with Crippen molar-refractivity contribution in [1.82, 2.24) is 0 Å². The molecule has 0 spiro atoms. The van der Waals surface area contributed by atoms with Gasteiger partial charge in [-0.15, -0.1) is 0 Å². The van der Waals surface area contributed by atoms with Gasteiger partial charge in [0.25, 0.3) is 0 Å². The van der Waals surface area contributed by atoms with Crippen LogP contribution in [-0.4, -0.2) is 27.2 Å². The number of anilines is 2.